The van der Waals surface area contributed by atoms with Crippen molar-refractivity contribution in [2.24, 2.45) is 5.41 Å². The predicted molar refractivity (Wildman–Crippen MR) is 58.3 cm³/mol. The van der Waals surface area contributed by atoms with Gasteiger partial charge in [0, 0.05) is 0 Å². The van der Waals surface area contributed by atoms with Gasteiger partial charge in [-0.1, -0.05) is 20.8 Å². The Kier molecular flexibility index (Phi) is 4.35. The molecule has 1 N–H and O–H groups in total. The third kappa shape index (κ3) is 5.58. The van der Waals surface area contributed by atoms with Crippen molar-refractivity contribution < 1.29 is 19.4 Å². The standard InChI is InChI=1S/C11H20NO4/c1-10(2,3)7(8(13)14)12-9(15)16-11(4,5)6/h7H,1-6H3,(H,12,15)/t7-/m1/s1. The number of nitrogens with one attached hydrogen (secondary N) is 1. The molecule has 0 aromatic heterocycles. The van der Waals surface area contributed by atoms with Crippen molar-refractivity contribution in [3.8, 4) is 0 Å². The molecule has 93 valence electrons. The molecule has 1 radical (unpaired) electrons. The maximum Gasteiger partial charge on any atom is 0.408 e. The van der Waals surface area contributed by atoms with E-state index in [-0.39, 0.29) is 0 Å². The fourth-order valence-corrected chi connectivity index (χ4v) is 1.05. The number of carbonyl (C=O) groups excluding carboxylic acids is 2. The summed E-state index contributed by atoms with van der Waals surface area (Å²) in [6.07, 6.45) is -0.753. The molecule has 0 bridgehead atoms. The largest absolute Gasteiger partial charge is 0.444 e. The van der Waals surface area contributed by atoms with E-state index in [0.717, 1.165) is 0 Å². The Morgan fingerprint density at radius 3 is 1.75 bits per heavy atom. The fourth-order valence-electron chi connectivity index (χ4n) is 1.05. The highest BCUT2D eigenvalue weighted by atomic mass is 16.6. The molecular weight excluding hydrogens is 210 g/mol. The number of rotatable bonds is 2. The average molecular weight is 230 g/mol. The highest BCUT2D eigenvalue weighted by molar-refractivity contribution is 5.80. The van der Waals surface area contributed by atoms with Crippen molar-refractivity contribution in [1.82, 2.24) is 5.32 Å². The lowest BCUT2D eigenvalue weighted by Gasteiger charge is -2.28. The zero-order valence-electron chi connectivity index (χ0n) is 10.7. The van der Waals surface area contributed by atoms with E-state index >= 15 is 0 Å². The van der Waals surface area contributed by atoms with Gasteiger partial charge < -0.3 is 10.1 Å². The summed E-state index contributed by atoms with van der Waals surface area (Å²) in [4.78, 5) is 22.3. The molecule has 16 heavy (non-hydrogen) atoms. The number of carbonyl (C=O) groups is 2. The summed E-state index contributed by atoms with van der Waals surface area (Å²) in [5.74, 6) is -1.32. The summed E-state index contributed by atoms with van der Waals surface area (Å²) < 4.78 is 4.97. The number of alkyl carbamates (subject to hydrolysis) is 1. The smallest absolute Gasteiger partial charge is 0.408 e. The summed E-state index contributed by atoms with van der Waals surface area (Å²) in [6, 6.07) is -1.08. The van der Waals surface area contributed by atoms with Crippen LogP contribution in [0.25, 0.3) is 0 Å². The van der Waals surface area contributed by atoms with E-state index in [4.69, 9.17) is 4.74 Å². The minimum atomic E-state index is -1.32. The van der Waals surface area contributed by atoms with Crippen LogP contribution < -0.4 is 5.32 Å². The second-order valence-corrected chi connectivity index (χ2v) is 5.76. The van der Waals surface area contributed by atoms with Crippen molar-refractivity contribution in [2.75, 3.05) is 0 Å². The summed E-state index contributed by atoms with van der Waals surface area (Å²) in [7, 11) is 0. The SMILES string of the molecule is CC(C)(C)OC(=O)N[C@H](C([O])=O)C(C)(C)C. The fraction of sp³-hybridized carbons (Fsp3) is 0.818. The van der Waals surface area contributed by atoms with Gasteiger partial charge in [-0.15, -0.1) is 0 Å². The Morgan fingerprint density at radius 1 is 1.06 bits per heavy atom. The van der Waals surface area contributed by atoms with E-state index in [9.17, 15) is 14.7 Å². The summed E-state index contributed by atoms with van der Waals surface area (Å²) in [6.45, 7) is 10.2. The van der Waals surface area contributed by atoms with Crippen molar-refractivity contribution in [3.05, 3.63) is 0 Å². The Labute approximate surface area is 96.2 Å². The Balaban J connectivity index is 4.56. The van der Waals surface area contributed by atoms with Gasteiger partial charge in [0.15, 0.2) is 0 Å². The molecule has 0 heterocycles. The number of hydrogen-bond donors (Lipinski definition) is 1. The topological polar surface area (TPSA) is 75.3 Å². The molecule has 5 heteroatoms. The van der Waals surface area contributed by atoms with E-state index in [2.05, 4.69) is 5.32 Å². The Hall–Kier alpha value is -1.26. The second-order valence-electron chi connectivity index (χ2n) is 5.76. The van der Waals surface area contributed by atoms with E-state index in [1.165, 1.54) is 0 Å². The van der Waals surface area contributed by atoms with E-state index in [0.29, 0.717) is 0 Å². The van der Waals surface area contributed by atoms with Crippen LogP contribution in [-0.2, 0) is 14.6 Å². The second kappa shape index (κ2) is 4.72. The molecular formula is C11H20NO4. The summed E-state index contributed by atoms with van der Waals surface area (Å²) in [5, 5.41) is 13.2. The van der Waals surface area contributed by atoms with Crippen LogP contribution in [0.4, 0.5) is 4.79 Å². The molecule has 0 aliphatic carbocycles. The maximum atomic E-state index is 11.4. The molecule has 0 spiro atoms. The van der Waals surface area contributed by atoms with Crippen LogP contribution in [0, 0.1) is 5.41 Å². The van der Waals surface area contributed by atoms with Crippen LogP contribution in [-0.4, -0.2) is 23.7 Å². The first-order chi connectivity index (χ1) is 6.93. The maximum absolute atomic E-state index is 11.4. The van der Waals surface area contributed by atoms with Crippen molar-refractivity contribution in [1.29, 1.82) is 0 Å². The van der Waals surface area contributed by atoms with E-state index in [1.807, 2.05) is 0 Å². The van der Waals surface area contributed by atoms with Crippen LogP contribution in [0.5, 0.6) is 0 Å². The van der Waals surface area contributed by atoms with Gasteiger partial charge in [0.25, 0.3) is 0 Å². The summed E-state index contributed by atoms with van der Waals surface area (Å²) in [5.41, 5.74) is -1.28. The molecule has 0 saturated carbocycles. The molecule has 0 aromatic carbocycles. The molecule has 1 amide bonds. The van der Waals surface area contributed by atoms with Gasteiger partial charge >= 0.3 is 12.1 Å². The molecule has 0 aliphatic rings. The monoisotopic (exact) mass is 230 g/mol. The molecule has 0 fully saturated rings. The van der Waals surface area contributed by atoms with E-state index < -0.39 is 29.1 Å². The van der Waals surface area contributed by atoms with Crippen LogP contribution in [0.3, 0.4) is 0 Å². The number of amides is 1. The van der Waals surface area contributed by atoms with Gasteiger partial charge in [-0.25, -0.2) is 14.7 Å². The van der Waals surface area contributed by atoms with Gasteiger partial charge in [-0.05, 0) is 26.2 Å². The predicted octanol–water partition coefficient (Wildman–Crippen LogP) is 1.88. The Bertz CT molecular complexity index is 273. The zero-order valence-corrected chi connectivity index (χ0v) is 10.7. The van der Waals surface area contributed by atoms with Crippen LogP contribution in [0.2, 0.25) is 0 Å². The van der Waals surface area contributed by atoms with Crippen LogP contribution >= 0.6 is 0 Å². The lowest BCUT2D eigenvalue weighted by Crippen LogP contribution is -2.50. The molecule has 0 rings (SSSR count). The normalized spacial score (nSPS) is 14.1. The minimum Gasteiger partial charge on any atom is -0.444 e. The molecule has 0 saturated heterocycles. The zero-order chi connectivity index (χ0) is 13.1. The molecule has 0 aliphatic heterocycles. The van der Waals surface area contributed by atoms with Gasteiger partial charge in [-0.3, -0.25) is 0 Å². The van der Waals surface area contributed by atoms with Gasteiger partial charge in [0.1, 0.15) is 11.6 Å². The first-order valence-electron chi connectivity index (χ1n) is 5.14. The van der Waals surface area contributed by atoms with E-state index in [1.54, 1.807) is 41.5 Å². The molecule has 5 nitrogen and oxygen atoms in total. The number of ether oxygens (including phenoxy) is 1. The minimum absolute atomic E-state index is 0.629. The first-order valence-corrected chi connectivity index (χ1v) is 5.14. The first kappa shape index (κ1) is 14.7. The third-order valence-electron chi connectivity index (χ3n) is 1.76. The third-order valence-corrected chi connectivity index (χ3v) is 1.76. The van der Waals surface area contributed by atoms with Gasteiger partial charge in [0.2, 0.25) is 0 Å². The van der Waals surface area contributed by atoms with Gasteiger partial charge in [0.05, 0.1) is 0 Å². The van der Waals surface area contributed by atoms with Crippen molar-refractivity contribution in [3.63, 3.8) is 0 Å². The average Bonchev–Trinajstić information content (AvgIpc) is 1.93. The number of hydrogen-bond acceptors (Lipinski definition) is 3. The lowest BCUT2D eigenvalue weighted by atomic mass is 9.87. The van der Waals surface area contributed by atoms with Crippen LogP contribution in [0.15, 0.2) is 0 Å². The van der Waals surface area contributed by atoms with Gasteiger partial charge in [-0.2, -0.15) is 0 Å². The highest BCUT2D eigenvalue weighted by Gasteiger charge is 2.35. The Morgan fingerprint density at radius 2 is 1.50 bits per heavy atom. The quantitative estimate of drug-likeness (QED) is 0.787. The van der Waals surface area contributed by atoms with Crippen LogP contribution in [0.1, 0.15) is 41.5 Å². The highest BCUT2D eigenvalue weighted by Crippen LogP contribution is 2.20. The van der Waals surface area contributed by atoms with Crippen molar-refractivity contribution in [2.45, 2.75) is 53.2 Å². The molecule has 0 unspecified atom stereocenters. The summed E-state index contributed by atoms with van der Waals surface area (Å²) >= 11 is 0. The lowest BCUT2D eigenvalue weighted by molar-refractivity contribution is -0.148. The van der Waals surface area contributed by atoms with Crippen molar-refractivity contribution >= 4 is 12.1 Å². The molecule has 0 aromatic rings. The molecule has 1 atom stereocenters.